The molecule has 0 aliphatic carbocycles. The summed E-state index contributed by atoms with van der Waals surface area (Å²) in [5, 5.41) is 2.55. The molecule has 0 fully saturated rings. The fourth-order valence-corrected chi connectivity index (χ4v) is 1.94. The topological polar surface area (TPSA) is 15.6 Å². The second-order valence-electron chi connectivity index (χ2n) is 4.80. The van der Waals surface area contributed by atoms with Crippen molar-refractivity contribution in [1.29, 1.82) is 0 Å². The summed E-state index contributed by atoms with van der Waals surface area (Å²) in [5.74, 6) is 0. The Labute approximate surface area is 109 Å². The minimum atomic E-state index is 0.894. The van der Waals surface area contributed by atoms with Gasteiger partial charge in [0.2, 0.25) is 0 Å². The van der Waals surface area contributed by atoms with Crippen molar-refractivity contribution >= 4 is 17.0 Å². The van der Waals surface area contributed by atoms with E-state index in [1.54, 1.807) is 0 Å². The molecule has 0 N–H and O–H groups in total. The minimum absolute atomic E-state index is 0.894. The molecule has 0 amide bonds. The van der Waals surface area contributed by atoms with Gasteiger partial charge in [0.1, 0.15) is 0 Å². The molecule has 0 aliphatic rings. The van der Waals surface area contributed by atoms with Crippen molar-refractivity contribution in [2.75, 3.05) is 27.2 Å². The Morgan fingerprint density at radius 3 is 2.61 bits per heavy atom. The van der Waals surface area contributed by atoms with Crippen LogP contribution in [0.2, 0.25) is 0 Å². The fourth-order valence-electron chi connectivity index (χ4n) is 1.94. The summed E-state index contributed by atoms with van der Waals surface area (Å²) in [6.45, 7) is 1.99. The van der Waals surface area contributed by atoms with Gasteiger partial charge in [-0.05, 0) is 49.5 Å². The maximum Gasteiger partial charge on any atom is 0.0401 e. The van der Waals surface area contributed by atoms with Crippen molar-refractivity contribution in [3.8, 4) is 0 Å². The maximum atomic E-state index is 4.47. The van der Waals surface area contributed by atoms with Gasteiger partial charge in [-0.25, -0.2) is 0 Å². The van der Waals surface area contributed by atoms with Crippen LogP contribution in [0.5, 0.6) is 0 Å². The van der Waals surface area contributed by atoms with E-state index in [-0.39, 0.29) is 0 Å². The van der Waals surface area contributed by atoms with E-state index >= 15 is 0 Å². The molecule has 2 heteroatoms. The Morgan fingerprint density at radius 2 is 1.83 bits per heavy atom. The normalized spacial score (nSPS) is 11.7. The molecule has 0 aromatic heterocycles. The molecule has 0 atom stereocenters. The van der Waals surface area contributed by atoms with Gasteiger partial charge in [0.15, 0.2) is 0 Å². The first-order valence-corrected chi connectivity index (χ1v) is 6.39. The van der Waals surface area contributed by atoms with Gasteiger partial charge in [0.25, 0.3) is 0 Å². The molecular formula is C16H20N2. The van der Waals surface area contributed by atoms with E-state index in [9.17, 15) is 0 Å². The van der Waals surface area contributed by atoms with Gasteiger partial charge in [0, 0.05) is 12.8 Å². The van der Waals surface area contributed by atoms with Gasteiger partial charge in [-0.15, -0.1) is 0 Å². The van der Waals surface area contributed by atoms with Crippen LogP contribution in [0.3, 0.4) is 0 Å². The second-order valence-corrected chi connectivity index (χ2v) is 4.80. The fraction of sp³-hybridized carbons (Fsp3) is 0.312. The molecule has 2 nitrogen and oxygen atoms in total. The predicted molar refractivity (Wildman–Crippen MR) is 79.6 cm³/mol. The van der Waals surface area contributed by atoms with Crippen LogP contribution in [0.25, 0.3) is 10.8 Å². The van der Waals surface area contributed by atoms with Crippen LogP contribution in [-0.2, 0) is 0 Å². The molecule has 0 heterocycles. The molecule has 0 saturated heterocycles. The van der Waals surface area contributed by atoms with E-state index in [4.69, 9.17) is 0 Å². The average molecular weight is 240 g/mol. The van der Waals surface area contributed by atoms with E-state index in [1.807, 2.05) is 6.21 Å². The highest BCUT2D eigenvalue weighted by Gasteiger charge is 1.93. The van der Waals surface area contributed by atoms with Crippen molar-refractivity contribution in [3.63, 3.8) is 0 Å². The van der Waals surface area contributed by atoms with E-state index in [1.165, 1.54) is 16.3 Å². The number of hydrogen-bond donors (Lipinski definition) is 0. The van der Waals surface area contributed by atoms with Gasteiger partial charge in [0.05, 0.1) is 0 Å². The minimum Gasteiger partial charge on any atom is -0.309 e. The van der Waals surface area contributed by atoms with Gasteiger partial charge in [-0.2, -0.15) is 0 Å². The third-order valence-electron chi connectivity index (χ3n) is 2.91. The van der Waals surface area contributed by atoms with E-state index in [0.29, 0.717) is 0 Å². The molecule has 2 aromatic carbocycles. The average Bonchev–Trinajstić information content (AvgIpc) is 2.38. The number of nitrogens with zero attached hydrogens (tertiary/aromatic N) is 2. The number of rotatable bonds is 5. The summed E-state index contributed by atoms with van der Waals surface area (Å²) in [6, 6.07) is 14.9. The summed E-state index contributed by atoms with van der Waals surface area (Å²) in [7, 11) is 4.18. The van der Waals surface area contributed by atoms with Crippen LogP contribution >= 0.6 is 0 Å². The first-order valence-electron chi connectivity index (χ1n) is 6.39. The van der Waals surface area contributed by atoms with Crippen LogP contribution in [0, 0.1) is 0 Å². The van der Waals surface area contributed by atoms with Crippen LogP contribution in [0.1, 0.15) is 12.0 Å². The van der Waals surface area contributed by atoms with Crippen LogP contribution in [0.4, 0.5) is 0 Å². The molecule has 0 unspecified atom stereocenters. The molecule has 94 valence electrons. The zero-order valence-corrected chi connectivity index (χ0v) is 11.1. The summed E-state index contributed by atoms with van der Waals surface area (Å²) < 4.78 is 0. The van der Waals surface area contributed by atoms with Crippen LogP contribution in [-0.4, -0.2) is 38.3 Å². The van der Waals surface area contributed by atoms with E-state index in [0.717, 1.165) is 19.5 Å². The number of benzene rings is 2. The molecule has 0 bridgehead atoms. The number of aliphatic imine (C=N–C) groups is 1. The molecule has 2 aromatic rings. The molecular weight excluding hydrogens is 220 g/mol. The lowest BCUT2D eigenvalue weighted by molar-refractivity contribution is 0.403. The Bertz CT molecular complexity index is 529. The molecule has 0 saturated carbocycles. The lowest BCUT2D eigenvalue weighted by Crippen LogP contribution is -2.13. The second kappa shape index (κ2) is 6.31. The summed E-state index contributed by atoms with van der Waals surface area (Å²) >= 11 is 0. The molecule has 2 rings (SSSR count). The van der Waals surface area contributed by atoms with Crippen molar-refractivity contribution in [2.24, 2.45) is 4.99 Å². The van der Waals surface area contributed by atoms with Crippen LogP contribution in [0.15, 0.2) is 47.5 Å². The van der Waals surface area contributed by atoms with Gasteiger partial charge >= 0.3 is 0 Å². The number of hydrogen-bond acceptors (Lipinski definition) is 2. The molecule has 0 radical (unpaired) electrons. The predicted octanol–water partition coefficient (Wildman–Crippen LogP) is 3.21. The van der Waals surface area contributed by atoms with Gasteiger partial charge in [-0.3, -0.25) is 4.99 Å². The summed E-state index contributed by atoms with van der Waals surface area (Å²) in [5.41, 5.74) is 1.18. The third-order valence-corrected chi connectivity index (χ3v) is 2.91. The largest absolute Gasteiger partial charge is 0.309 e. The monoisotopic (exact) mass is 240 g/mol. The van der Waals surface area contributed by atoms with Crippen molar-refractivity contribution in [1.82, 2.24) is 4.90 Å². The first kappa shape index (κ1) is 12.8. The Balaban J connectivity index is 1.97. The molecule has 18 heavy (non-hydrogen) atoms. The van der Waals surface area contributed by atoms with Crippen LogP contribution < -0.4 is 0 Å². The van der Waals surface area contributed by atoms with Gasteiger partial charge < -0.3 is 4.90 Å². The van der Waals surface area contributed by atoms with Crippen molar-refractivity contribution in [3.05, 3.63) is 48.0 Å². The van der Waals surface area contributed by atoms with E-state index < -0.39 is 0 Å². The SMILES string of the molecule is CN(C)CCC/N=C/c1ccc2ccccc2c1. The Kier molecular flexibility index (Phi) is 4.48. The Morgan fingerprint density at radius 1 is 1.06 bits per heavy atom. The zero-order chi connectivity index (χ0) is 12.8. The van der Waals surface area contributed by atoms with E-state index in [2.05, 4.69) is 66.5 Å². The third kappa shape index (κ3) is 3.67. The lowest BCUT2D eigenvalue weighted by atomic mass is 10.1. The highest BCUT2D eigenvalue weighted by Crippen LogP contribution is 2.14. The highest BCUT2D eigenvalue weighted by atomic mass is 15.0. The summed E-state index contributed by atoms with van der Waals surface area (Å²) in [6.07, 6.45) is 3.08. The maximum absolute atomic E-state index is 4.47. The standard InChI is InChI=1S/C16H20N2/c1-18(2)11-5-10-17-13-14-8-9-15-6-3-4-7-16(15)12-14/h3-4,6-9,12-13H,5,10-11H2,1-2H3/b17-13+. The van der Waals surface area contributed by atoms with Crippen molar-refractivity contribution in [2.45, 2.75) is 6.42 Å². The molecule has 0 aliphatic heterocycles. The number of fused-ring (bicyclic) bond motifs is 1. The zero-order valence-electron chi connectivity index (χ0n) is 11.1. The van der Waals surface area contributed by atoms with Gasteiger partial charge in [-0.1, -0.05) is 36.4 Å². The highest BCUT2D eigenvalue weighted by molar-refractivity contribution is 5.90. The first-order chi connectivity index (χ1) is 8.75. The Hall–Kier alpha value is -1.67. The quantitative estimate of drug-likeness (QED) is 0.579. The van der Waals surface area contributed by atoms with Crippen molar-refractivity contribution < 1.29 is 0 Å². The lowest BCUT2D eigenvalue weighted by Gasteiger charge is -2.06. The molecule has 0 spiro atoms. The smallest absolute Gasteiger partial charge is 0.0401 e. The summed E-state index contributed by atoms with van der Waals surface area (Å²) in [4.78, 5) is 6.65.